The van der Waals surface area contributed by atoms with Gasteiger partial charge in [-0.1, -0.05) is 18.2 Å². The van der Waals surface area contributed by atoms with Crippen molar-refractivity contribution >= 4 is 11.6 Å². The zero-order chi connectivity index (χ0) is 18.2. The molecular weight excluding hydrogens is 323 g/mol. The molecule has 134 valence electrons. The highest BCUT2D eigenvalue weighted by atomic mass is 19.1. The lowest BCUT2D eigenvalue weighted by Gasteiger charge is -2.19. The minimum Gasteiger partial charge on any atom is -0.493 e. The second-order valence-electron chi connectivity index (χ2n) is 5.70. The Kier molecular flexibility index (Phi) is 6.77. The predicted octanol–water partition coefficient (Wildman–Crippen LogP) is 3.30. The minimum atomic E-state index is -0.375. The number of ether oxygens (including phenoxy) is 2. The normalized spacial score (nSPS) is 10.6. The van der Waals surface area contributed by atoms with Crippen LogP contribution < -0.4 is 14.8 Å². The van der Waals surface area contributed by atoms with Crippen LogP contribution in [0.15, 0.2) is 42.5 Å². The molecule has 0 saturated carbocycles. The maximum absolute atomic E-state index is 13.1. The lowest BCUT2D eigenvalue weighted by Crippen LogP contribution is -2.24. The summed E-state index contributed by atoms with van der Waals surface area (Å²) in [6.45, 7) is 1.18. The molecule has 2 rings (SSSR count). The van der Waals surface area contributed by atoms with Crippen LogP contribution in [0.3, 0.4) is 0 Å². The van der Waals surface area contributed by atoms with E-state index in [0.717, 1.165) is 5.56 Å². The number of amides is 1. The fourth-order valence-electron chi connectivity index (χ4n) is 2.53. The number of carbonyl (C=O) groups excluding carboxylic acids is 1. The molecule has 5 nitrogen and oxygen atoms in total. The number of hydrogen-bond acceptors (Lipinski definition) is 4. The summed E-state index contributed by atoms with van der Waals surface area (Å²) >= 11 is 0. The number of carbonyl (C=O) groups is 1. The standard InChI is InChI=1S/C19H23FN2O3/c1-22(13-14-6-4-9-17(24-2)19(14)25-3)11-10-18(23)21-16-8-5-7-15(20)12-16/h4-9,12H,10-11,13H2,1-3H3,(H,21,23). The van der Waals surface area contributed by atoms with Gasteiger partial charge in [0.05, 0.1) is 14.2 Å². The summed E-state index contributed by atoms with van der Waals surface area (Å²) in [5.74, 6) is 0.841. The third-order valence-electron chi connectivity index (χ3n) is 3.75. The molecule has 0 aliphatic carbocycles. The molecule has 2 aromatic carbocycles. The maximum Gasteiger partial charge on any atom is 0.225 e. The molecule has 0 bridgehead atoms. The van der Waals surface area contributed by atoms with E-state index in [4.69, 9.17) is 9.47 Å². The van der Waals surface area contributed by atoms with Gasteiger partial charge in [0.1, 0.15) is 5.82 Å². The summed E-state index contributed by atoms with van der Waals surface area (Å²) < 4.78 is 23.8. The van der Waals surface area contributed by atoms with Gasteiger partial charge in [-0.25, -0.2) is 4.39 Å². The molecule has 0 saturated heterocycles. The van der Waals surface area contributed by atoms with Crippen molar-refractivity contribution in [3.05, 3.63) is 53.8 Å². The van der Waals surface area contributed by atoms with Gasteiger partial charge in [-0.15, -0.1) is 0 Å². The molecule has 0 spiro atoms. The molecule has 0 aliphatic heterocycles. The van der Waals surface area contributed by atoms with Crippen molar-refractivity contribution in [1.82, 2.24) is 4.90 Å². The fraction of sp³-hybridized carbons (Fsp3) is 0.316. The molecule has 0 aromatic heterocycles. The summed E-state index contributed by atoms with van der Waals surface area (Å²) in [6, 6.07) is 11.6. The molecule has 0 radical (unpaired) electrons. The van der Waals surface area contributed by atoms with Crippen LogP contribution in [-0.4, -0.2) is 38.6 Å². The Morgan fingerprint density at radius 1 is 1.16 bits per heavy atom. The maximum atomic E-state index is 13.1. The molecular formula is C19H23FN2O3. The third-order valence-corrected chi connectivity index (χ3v) is 3.75. The van der Waals surface area contributed by atoms with Gasteiger partial charge in [-0.05, 0) is 31.3 Å². The van der Waals surface area contributed by atoms with Crippen molar-refractivity contribution in [2.24, 2.45) is 0 Å². The van der Waals surface area contributed by atoms with Gasteiger partial charge >= 0.3 is 0 Å². The highest BCUT2D eigenvalue weighted by Gasteiger charge is 2.12. The van der Waals surface area contributed by atoms with Crippen molar-refractivity contribution in [2.75, 3.05) is 33.1 Å². The average Bonchev–Trinajstić information content (AvgIpc) is 2.59. The second-order valence-corrected chi connectivity index (χ2v) is 5.70. The first kappa shape index (κ1) is 18.7. The fourth-order valence-corrected chi connectivity index (χ4v) is 2.53. The zero-order valence-corrected chi connectivity index (χ0v) is 14.7. The molecule has 0 heterocycles. The quantitative estimate of drug-likeness (QED) is 0.797. The van der Waals surface area contributed by atoms with Crippen molar-refractivity contribution in [3.8, 4) is 11.5 Å². The largest absolute Gasteiger partial charge is 0.493 e. The molecule has 0 aliphatic rings. The Hall–Kier alpha value is -2.60. The minimum absolute atomic E-state index is 0.157. The molecule has 1 N–H and O–H groups in total. The number of methoxy groups -OCH3 is 2. The van der Waals surface area contributed by atoms with Gasteiger partial charge in [0.25, 0.3) is 0 Å². The number of nitrogens with one attached hydrogen (secondary N) is 1. The van der Waals surface area contributed by atoms with Gasteiger partial charge in [0.15, 0.2) is 11.5 Å². The van der Waals surface area contributed by atoms with E-state index in [1.165, 1.54) is 12.1 Å². The Morgan fingerprint density at radius 3 is 2.60 bits per heavy atom. The number of benzene rings is 2. The highest BCUT2D eigenvalue weighted by molar-refractivity contribution is 5.90. The zero-order valence-electron chi connectivity index (χ0n) is 14.7. The van der Waals surface area contributed by atoms with E-state index >= 15 is 0 Å². The number of rotatable bonds is 8. The van der Waals surface area contributed by atoms with Crippen LogP contribution in [0.2, 0.25) is 0 Å². The summed E-state index contributed by atoms with van der Waals surface area (Å²) in [7, 11) is 5.13. The van der Waals surface area contributed by atoms with Crippen LogP contribution in [0.1, 0.15) is 12.0 Å². The topological polar surface area (TPSA) is 50.8 Å². The Morgan fingerprint density at radius 2 is 1.92 bits per heavy atom. The van der Waals surface area contributed by atoms with Gasteiger partial charge in [0.2, 0.25) is 5.91 Å². The van der Waals surface area contributed by atoms with Gasteiger partial charge in [-0.3, -0.25) is 4.79 Å². The lowest BCUT2D eigenvalue weighted by molar-refractivity contribution is -0.116. The SMILES string of the molecule is COc1cccc(CN(C)CCC(=O)Nc2cccc(F)c2)c1OC. The monoisotopic (exact) mass is 346 g/mol. The summed E-state index contributed by atoms with van der Waals surface area (Å²) in [5, 5.41) is 2.69. The molecule has 25 heavy (non-hydrogen) atoms. The molecule has 0 atom stereocenters. The molecule has 0 unspecified atom stereocenters. The first-order valence-corrected chi connectivity index (χ1v) is 7.97. The second kappa shape index (κ2) is 9.03. The van der Waals surface area contributed by atoms with Crippen LogP contribution in [0.25, 0.3) is 0 Å². The van der Waals surface area contributed by atoms with Crippen molar-refractivity contribution < 1.29 is 18.7 Å². The van der Waals surface area contributed by atoms with E-state index in [-0.39, 0.29) is 11.7 Å². The van der Waals surface area contributed by atoms with E-state index in [2.05, 4.69) is 5.32 Å². The molecule has 2 aromatic rings. The number of nitrogens with zero attached hydrogens (tertiary/aromatic N) is 1. The predicted molar refractivity (Wildman–Crippen MR) is 95.5 cm³/mol. The highest BCUT2D eigenvalue weighted by Crippen LogP contribution is 2.31. The van der Waals surface area contributed by atoms with Gasteiger partial charge in [-0.2, -0.15) is 0 Å². The van der Waals surface area contributed by atoms with Crippen LogP contribution in [0, 0.1) is 5.82 Å². The first-order chi connectivity index (χ1) is 12.0. The van der Waals surface area contributed by atoms with Crippen LogP contribution in [0.4, 0.5) is 10.1 Å². The third kappa shape index (κ3) is 5.46. The van der Waals surface area contributed by atoms with Crippen LogP contribution in [0.5, 0.6) is 11.5 Å². The van der Waals surface area contributed by atoms with Gasteiger partial charge in [0, 0.05) is 30.8 Å². The average molecular weight is 346 g/mol. The van der Waals surface area contributed by atoms with E-state index in [1.54, 1.807) is 26.4 Å². The van der Waals surface area contributed by atoms with E-state index in [0.29, 0.717) is 36.7 Å². The summed E-state index contributed by atoms with van der Waals surface area (Å²) in [6.07, 6.45) is 0.305. The van der Waals surface area contributed by atoms with E-state index < -0.39 is 0 Å². The van der Waals surface area contributed by atoms with Crippen LogP contribution >= 0.6 is 0 Å². The van der Waals surface area contributed by atoms with Crippen LogP contribution in [-0.2, 0) is 11.3 Å². The number of para-hydroxylation sites is 1. The van der Waals surface area contributed by atoms with E-state index in [1.807, 2.05) is 30.1 Å². The van der Waals surface area contributed by atoms with Crippen molar-refractivity contribution in [2.45, 2.75) is 13.0 Å². The Balaban J connectivity index is 1.88. The number of anilines is 1. The lowest BCUT2D eigenvalue weighted by atomic mass is 10.1. The summed E-state index contributed by atoms with van der Waals surface area (Å²) in [4.78, 5) is 14.0. The smallest absolute Gasteiger partial charge is 0.225 e. The molecule has 6 heteroatoms. The Labute approximate surface area is 147 Å². The molecule has 0 fully saturated rings. The summed E-state index contributed by atoms with van der Waals surface area (Å²) in [5.41, 5.74) is 1.44. The molecule has 1 amide bonds. The Bertz CT molecular complexity index is 722. The first-order valence-electron chi connectivity index (χ1n) is 7.97. The van der Waals surface area contributed by atoms with E-state index in [9.17, 15) is 9.18 Å². The number of hydrogen-bond donors (Lipinski definition) is 1. The van der Waals surface area contributed by atoms with Crippen molar-refractivity contribution in [3.63, 3.8) is 0 Å². The number of halogens is 1. The van der Waals surface area contributed by atoms with Gasteiger partial charge < -0.3 is 19.7 Å². The van der Waals surface area contributed by atoms with Crippen molar-refractivity contribution in [1.29, 1.82) is 0 Å².